The number of nitro groups is 1. The predicted octanol–water partition coefficient (Wildman–Crippen LogP) is 3.32. The minimum absolute atomic E-state index is 0.0487. The minimum atomic E-state index is -0.725. The molecule has 7 heteroatoms. The van der Waals surface area contributed by atoms with E-state index in [0.29, 0.717) is 0 Å². The second-order valence-corrected chi connectivity index (χ2v) is 4.08. The van der Waals surface area contributed by atoms with Gasteiger partial charge in [0, 0.05) is 17.7 Å². The van der Waals surface area contributed by atoms with Crippen molar-refractivity contribution >= 4 is 5.69 Å². The van der Waals surface area contributed by atoms with E-state index in [2.05, 4.69) is 0 Å². The number of nitrogens with zero attached hydrogens (tertiary/aromatic N) is 2. The van der Waals surface area contributed by atoms with Crippen molar-refractivity contribution in [3.05, 3.63) is 69.3 Å². The van der Waals surface area contributed by atoms with Crippen LogP contribution in [-0.2, 0) is 6.61 Å². The Morgan fingerprint density at radius 3 is 2.67 bits per heavy atom. The van der Waals surface area contributed by atoms with Crippen LogP contribution in [0.1, 0.15) is 11.1 Å². The first-order chi connectivity index (χ1) is 10.0. The Kier molecular flexibility index (Phi) is 4.09. The molecule has 0 fully saturated rings. The lowest BCUT2D eigenvalue weighted by molar-refractivity contribution is -0.386. The first kappa shape index (κ1) is 14.4. The van der Waals surface area contributed by atoms with Gasteiger partial charge in [-0.3, -0.25) is 10.1 Å². The van der Waals surface area contributed by atoms with Gasteiger partial charge in [0.2, 0.25) is 0 Å². The molecule has 0 spiro atoms. The van der Waals surface area contributed by atoms with Gasteiger partial charge in [-0.25, -0.2) is 8.78 Å². The normalized spacial score (nSPS) is 9.95. The molecule has 0 aliphatic rings. The number of hydrogen-bond acceptors (Lipinski definition) is 4. The Morgan fingerprint density at radius 1 is 1.24 bits per heavy atom. The molecular formula is C14H8F2N2O3. The summed E-state index contributed by atoms with van der Waals surface area (Å²) in [5, 5.41) is 19.5. The summed E-state index contributed by atoms with van der Waals surface area (Å²) < 4.78 is 31.8. The monoisotopic (exact) mass is 290 g/mol. The summed E-state index contributed by atoms with van der Waals surface area (Å²) in [6.45, 7) is -0.356. The molecule has 0 saturated carbocycles. The van der Waals surface area contributed by atoms with Gasteiger partial charge in [-0.05, 0) is 24.3 Å². The fourth-order valence-electron chi connectivity index (χ4n) is 1.66. The van der Waals surface area contributed by atoms with E-state index in [-0.39, 0.29) is 23.5 Å². The SMILES string of the molecule is N#Cc1ccc(F)c(COc2cc(F)ccc2[N+](=O)[O-])c1. The number of ether oxygens (including phenoxy) is 1. The highest BCUT2D eigenvalue weighted by atomic mass is 19.1. The first-order valence-electron chi connectivity index (χ1n) is 5.76. The second kappa shape index (κ2) is 5.96. The van der Waals surface area contributed by atoms with Crippen molar-refractivity contribution < 1.29 is 18.4 Å². The molecule has 0 N–H and O–H groups in total. The van der Waals surface area contributed by atoms with Gasteiger partial charge in [-0.15, -0.1) is 0 Å². The maximum Gasteiger partial charge on any atom is 0.311 e. The second-order valence-electron chi connectivity index (χ2n) is 4.08. The third-order valence-corrected chi connectivity index (χ3v) is 2.68. The van der Waals surface area contributed by atoms with Crippen molar-refractivity contribution in [2.75, 3.05) is 0 Å². The Hall–Kier alpha value is -3.01. The third-order valence-electron chi connectivity index (χ3n) is 2.68. The van der Waals surface area contributed by atoms with Crippen LogP contribution in [0.15, 0.2) is 36.4 Å². The maximum absolute atomic E-state index is 13.5. The van der Waals surface area contributed by atoms with Crippen LogP contribution in [0, 0.1) is 33.1 Å². The number of nitriles is 1. The van der Waals surface area contributed by atoms with Gasteiger partial charge in [-0.1, -0.05) is 0 Å². The lowest BCUT2D eigenvalue weighted by Crippen LogP contribution is -2.02. The molecule has 0 atom stereocenters. The van der Waals surface area contributed by atoms with Crippen LogP contribution >= 0.6 is 0 Å². The Labute approximate surface area is 118 Å². The highest BCUT2D eigenvalue weighted by Gasteiger charge is 2.16. The number of halogens is 2. The van der Waals surface area contributed by atoms with Crippen molar-refractivity contribution in [2.24, 2.45) is 0 Å². The molecule has 2 rings (SSSR count). The van der Waals surface area contributed by atoms with Crippen LogP contribution in [0.2, 0.25) is 0 Å². The summed E-state index contributed by atoms with van der Waals surface area (Å²) in [7, 11) is 0. The summed E-state index contributed by atoms with van der Waals surface area (Å²) in [6, 6.07) is 8.24. The highest BCUT2D eigenvalue weighted by molar-refractivity contribution is 5.46. The fraction of sp³-hybridized carbons (Fsp3) is 0.0714. The molecule has 2 aromatic carbocycles. The number of hydrogen-bond donors (Lipinski definition) is 0. The molecule has 106 valence electrons. The molecule has 0 aliphatic carbocycles. The van der Waals surface area contributed by atoms with Gasteiger partial charge in [0.15, 0.2) is 5.75 Å². The van der Waals surface area contributed by atoms with Gasteiger partial charge in [0.1, 0.15) is 18.2 Å². The third kappa shape index (κ3) is 3.30. The number of nitro benzene ring substituents is 1. The van der Waals surface area contributed by atoms with Crippen molar-refractivity contribution in [1.29, 1.82) is 5.26 Å². The van der Waals surface area contributed by atoms with Crippen LogP contribution in [0.5, 0.6) is 5.75 Å². The molecule has 5 nitrogen and oxygen atoms in total. The number of benzene rings is 2. The Morgan fingerprint density at radius 2 is 2.00 bits per heavy atom. The first-order valence-corrected chi connectivity index (χ1v) is 5.76. The molecule has 0 unspecified atom stereocenters. The van der Waals surface area contributed by atoms with Gasteiger partial charge >= 0.3 is 5.69 Å². The standard InChI is InChI=1S/C14H8F2N2O3/c15-11-2-4-13(18(19)20)14(6-11)21-8-10-5-9(7-17)1-3-12(10)16/h1-6H,8H2. The number of rotatable bonds is 4. The summed E-state index contributed by atoms with van der Waals surface area (Å²) in [5.41, 5.74) is -0.149. The van der Waals surface area contributed by atoms with Crippen molar-refractivity contribution in [3.63, 3.8) is 0 Å². The van der Waals surface area contributed by atoms with Crippen LogP contribution < -0.4 is 4.74 Å². The van der Waals surface area contributed by atoms with Crippen LogP contribution in [-0.4, -0.2) is 4.92 Å². The summed E-state index contributed by atoms with van der Waals surface area (Å²) in [6.07, 6.45) is 0. The molecule has 0 heterocycles. The molecule has 0 bridgehead atoms. The zero-order valence-electron chi connectivity index (χ0n) is 10.5. The van der Waals surface area contributed by atoms with E-state index in [9.17, 15) is 18.9 Å². The van der Waals surface area contributed by atoms with E-state index in [4.69, 9.17) is 10.00 Å². The van der Waals surface area contributed by atoms with Gasteiger partial charge in [-0.2, -0.15) is 5.26 Å². The zero-order chi connectivity index (χ0) is 15.4. The fourth-order valence-corrected chi connectivity index (χ4v) is 1.66. The molecule has 2 aromatic rings. The van der Waals surface area contributed by atoms with E-state index in [1.807, 2.05) is 6.07 Å². The molecular weight excluding hydrogens is 282 g/mol. The molecule has 0 aliphatic heterocycles. The van der Waals surface area contributed by atoms with Crippen molar-refractivity contribution in [1.82, 2.24) is 0 Å². The Balaban J connectivity index is 2.26. The lowest BCUT2D eigenvalue weighted by Gasteiger charge is -2.08. The lowest BCUT2D eigenvalue weighted by atomic mass is 10.1. The molecule has 0 saturated heterocycles. The van der Waals surface area contributed by atoms with E-state index in [0.717, 1.165) is 24.3 Å². The van der Waals surface area contributed by atoms with Crippen molar-refractivity contribution in [2.45, 2.75) is 6.61 Å². The molecule has 0 amide bonds. The molecule has 21 heavy (non-hydrogen) atoms. The zero-order valence-corrected chi connectivity index (χ0v) is 10.5. The van der Waals surface area contributed by atoms with Crippen LogP contribution in [0.25, 0.3) is 0 Å². The Bertz CT molecular complexity index is 741. The highest BCUT2D eigenvalue weighted by Crippen LogP contribution is 2.28. The largest absolute Gasteiger partial charge is 0.482 e. The van der Waals surface area contributed by atoms with Crippen LogP contribution in [0.3, 0.4) is 0 Å². The van der Waals surface area contributed by atoms with Gasteiger partial charge < -0.3 is 4.74 Å². The van der Waals surface area contributed by atoms with E-state index < -0.39 is 22.2 Å². The smallest absolute Gasteiger partial charge is 0.311 e. The summed E-state index contributed by atoms with van der Waals surface area (Å²) in [5.74, 6) is -1.63. The van der Waals surface area contributed by atoms with E-state index >= 15 is 0 Å². The molecule has 0 radical (unpaired) electrons. The topological polar surface area (TPSA) is 76.2 Å². The van der Waals surface area contributed by atoms with Crippen molar-refractivity contribution in [3.8, 4) is 11.8 Å². The van der Waals surface area contributed by atoms with E-state index in [1.165, 1.54) is 12.1 Å². The minimum Gasteiger partial charge on any atom is -0.482 e. The summed E-state index contributed by atoms with van der Waals surface area (Å²) >= 11 is 0. The molecule has 0 aromatic heterocycles. The van der Waals surface area contributed by atoms with Crippen LogP contribution in [0.4, 0.5) is 14.5 Å². The van der Waals surface area contributed by atoms with Gasteiger partial charge in [0.05, 0.1) is 16.6 Å². The summed E-state index contributed by atoms with van der Waals surface area (Å²) in [4.78, 5) is 10.1. The van der Waals surface area contributed by atoms with Gasteiger partial charge in [0.25, 0.3) is 0 Å². The maximum atomic E-state index is 13.5. The average molecular weight is 290 g/mol. The average Bonchev–Trinajstić information content (AvgIpc) is 2.46. The quantitative estimate of drug-likeness (QED) is 0.639. The van der Waals surface area contributed by atoms with E-state index in [1.54, 1.807) is 0 Å². The predicted molar refractivity (Wildman–Crippen MR) is 68.5 cm³/mol.